The Hall–Kier alpha value is -1.09. The second-order valence-electron chi connectivity index (χ2n) is 2.80. The molecular formula is C8H11N3. The first-order valence-corrected chi connectivity index (χ1v) is 3.80. The molecule has 3 N–H and O–H groups in total. The molecule has 0 fully saturated rings. The number of hydrogen-bond acceptors (Lipinski definition) is 3. The number of anilines is 1. The second kappa shape index (κ2) is 2.51. The summed E-state index contributed by atoms with van der Waals surface area (Å²) in [6.45, 7) is 1.94. The quantitative estimate of drug-likeness (QED) is 0.558. The van der Waals surface area contributed by atoms with Gasteiger partial charge >= 0.3 is 0 Å². The van der Waals surface area contributed by atoms with Crippen LogP contribution in [-0.4, -0.2) is 11.5 Å². The fraction of sp³-hybridized carbons (Fsp3) is 0.375. The molecule has 0 radical (unpaired) electrons. The molecule has 2 heterocycles. The molecule has 58 valence electrons. The number of aromatic nitrogens is 1. The molecule has 0 atom stereocenters. The first-order valence-electron chi connectivity index (χ1n) is 3.80. The average molecular weight is 149 g/mol. The number of nitrogens with zero attached hydrogens (tertiary/aromatic N) is 1. The lowest BCUT2D eigenvalue weighted by Crippen LogP contribution is -2.24. The van der Waals surface area contributed by atoms with E-state index in [9.17, 15) is 0 Å². The van der Waals surface area contributed by atoms with E-state index in [0.29, 0.717) is 0 Å². The molecule has 0 bridgehead atoms. The van der Waals surface area contributed by atoms with Crippen LogP contribution in [0.2, 0.25) is 0 Å². The molecule has 0 saturated heterocycles. The van der Waals surface area contributed by atoms with Gasteiger partial charge in [0.25, 0.3) is 0 Å². The average Bonchev–Trinajstić information content (AvgIpc) is 2.04. The van der Waals surface area contributed by atoms with Crippen molar-refractivity contribution in [3.05, 3.63) is 23.5 Å². The highest BCUT2D eigenvalue weighted by Gasteiger charge is 2.08. The Balaban J connectivity index is 2.43. The van der Waals surface area contributed by atoms with Crippen LogP contribution in [0.15, 0.2) is 12.3 Å². The van der Waals surface area contributed by atoms with Crippen LogP contribution >= 0.6 is 0 Å². The number of fused-ring (bicyclic) bond motifs is 1. The lowest BCUT2D eigenvalue weighted by Gasteiger charge is -2.15. The monoisotopic (exact) mass is 149 g/mol. The van der Waals surface area contributed by atoms with Crippen molar-refractivity contribution in [3.8, 4) is 0 Å². The van der Waals surface area contributed by atoms with Gasteiger partial charge in [0.15, 0.2) is 0 Å². The highest BCUT2D eigenvalue weighted by atomic mass is 14.9. The van der Waals surface area contributed by atoms with Crippen LogP contribution in [-0.2, 0) is 13.0 Å². The summed E-state index contributed by atoms with van der Waals surface area (Å²) in [6.07, 6.45) is 2.75. The molecule has 0 saturated carbocycles. The summed E-state index contributed by atoms with van der Waals surface area (Å²) >= 11 is 0. The molecule has 0 spiro atoms. The molecule has 1 aromatic rings. The SMILES string of the molecule is Nc1cnc2c(c1)CNCC2. The summed E-state index contributed by atoms with van der Waals surface area (Å²) in [5.41, 5.74) is 8.79. The van der Waals surface area contributed by atoms with E-state index in [1.54, 1.807) is 6.20 Å². The largest absolute Gasteiger partial charge is 0.397 e. The van der Waals surface area contributed by atoms with E-state index in [4.69, 9.17) is 5.73 Å². The Morgan fingerprint density at radius 2 is 2.45 bits per heavy atom. The summed E-state index contributed by atoms with van der Waals surface area (Å²) in [7, 11) is 0. The zero-order valence-corrected chi connectivity index (χ0v) is 6.30. The van der Waals surface area contributed by atoms with Gasteiger partial charge in [0.2, 0.25) is 0 Å². The van der Waals surface area contributed by atoms with Crippen LogP contribution < -0.4 is 11.1 Å². The smallest absolute Gasteiger partial charge is 0.0504 e. The third kappa shape index (κ3) is 1.19. The van der Waals surface area contributed by atoms with Crippen molar-refractivity contribution in [2.45, 2.75) is 13.0 Å². The van der Waals surface area contributed by atoms with Gasteiger partial charge in [-0.25, -0.2) is 0 Å². The van der Waals surface area contributed by atoms with Gasteiger partial charge < -0.3 is 11.1 Å². The van der Waals surface area contributed by atoms with Gasteiger partial charge in [0.05, 0.1) is 11.9 Å². The number of nitrogens with one attached hydrogen (secondary N) is 1. The van der Waals surface area contributed by atoms with Crippen molar-refractivity contribution in [3.63, 3.8) is 0 Å². The maximum Gasteiger partial charge on any atom is 0.0504 e. The third-order valence-corrected chi connectivity index (χ3v) is 1.94. The van der Waals surface area contributed by atoms with E-state index in [-0.39, 0.29) is 0 Å². The van der Waals surface area contributed by atoms with E-state index in [1.807, 2.05) is 6.07 Å². The van der Waals surface area contributed by atoms with Crippen LogP contribution in [0.1, 0.15) is 11.3 Å². The number of nitrogens with two attached hydrogens (primary N) is 1. The van der Waals surface area contributed by atoms with Crippen LogP contribution in [0.4, 0.5) is 5.69 Å². The van der Waals surface area contributed by atoms with Crippen molar-refractivity contribution in [2.75, 3.05) is 12.3 Å². The van der Waals surface area contributed by atoms with Crippen LogP contribution in [0.3, 0.4) is 0 Å². The van der Waals surface area contributed by atoms with E-state index in [1.165, 1.54) is 11.3 Å². The summed E-state index contributed by atoms with van der Waals surface area (Å²) in [6, 6.07) is 1.99. The van der Waals surface area contributed by atoms with E-state index >= 15 is 0 Å². The predicted octanol–water partition coefficient (Wildman–Crippen LogP) is 0.309. The van der Waals surface area contributed by atoms with Crippen molar-refractivity contribution < 1.29 is 0 Å². The second-order valence-corrected chi connectivity index (χ2v) is 2.80. The Kier molecular flexibility index (Phi) is 1.51. The molecule has 0 aliphatic carbocycles. The number of pyridine rings is 1. The Labute approximate surface area is 65.6 Å². The Morgan fingerprint density at radius 3 is 3.36 bits per heavy atom. The first-order chi connectivity index (χ1) is 5.36. The fourth-order valence-electron chi connectivity index (χ4n) is 1.37. The van der Waals surface area contributed by atoms with Crippen molar-refractivity contribution >= 4 is 5.69 Å². The summed E-state index contributed by atoms with van der Waals surface area (Å²) in [4.78, 5) is 4.25. The zero-order valence-electron chi connectivity index (χ0n) is 6.30. The lowest BCUT2D eigenvalue weighted by atomic mass is 10.1. The number of hydrogen-bond donors (Lipinski definition) is 2. The van der Waals surface area contributed by atoms with E-state index in [0.717, 1.165) is 25.2 Å². The predicted molar refractivity (Wildman–Crippen MR) is 44.1 cm³/mol. The topological polar surface area (TPSA) is 50.9 Å². The molecule has 0 unspecified atom stereocenters. The Morgan fingerprint density at radius 1 is 1.55 bits per heavy atom. The van der Waals surface area contributed by atoms with Gasteiger partial charge in [0.1, 0.15) is 0 Å². The highest BCUT2D eigenvalue weighted by Crippen LogP contribution is 2.13. The maximum atomic E-state index is 5.59. The molecular weight excluding hydrogens is 138 g/mol. The molecule has 11 heavy (non-hydrogen) atoms. The molecule has 0 aromatic carbocycles. The normalized spacial score (nSPS) is 16.0. The zero-order chi connectivity index (χ0) is 7.68. The van der Waals surface area contributed by atoms with Gasteiger partial charge in [-0.1, -0.05) is 0 Å². The van der Waals surface area contributed by atoms with Crippen LogP contribution in [0, 0.1) is 0 Å². The Bertz CT molecular complexity index is 270. The highest BCUT2D eigenvalue weighted by molar-refractivity contribution is 5.40. The summed E-state index contributed by atoms with van der Waals surface area (Å²) in [5, 5.41) is 3.27. The van der Waals surface area contributed by atoms with Gasteiger partial charge in [-0.3, -0.25) is 4.98 Å². The minimum atomic E-state index is 0.757. The van der Waals surface area contributed by atoms with Gasteiger partial charge in [0, 0.05) is 25.2 Å². The first kappa shape index (κ1) is 6.61. The minimum Gasteiger partial charge on any atom is -0.397 e. The molecule has 1 aliphatic rings. The molecule has 3 nitrogen and oxygen atoms in total. The van der Waals surface area contributed by atoms with E-state index in [2.05, 4.69) is 10.3 Å². The van der Waals surface area contributed by atoms with Crippen molar-refractivity contribution in [1.82, 2.24) is 10.3 Å². The fourth-order valence-corrected chi connectivity index (χ4v) is 1.37. The van der Waals surface area contributed by atoms with Gasteiger partial charge in [-0.2, -0.15) is 0 Å². The summed E-state index contributed by atoms with van der Waals surface area (Å²) in [5.74, 6) is 0. The van der Waals surface area contributed by atoms with Gasteiger partial charge in [-0.05, 0) is 11.6 Å². The standard InChI is InChI=1S/C8H11N3/c9-7-3-6-4-10-2-1-8(6)11-5-7/h3,5,10H,1-2,4,9H2. The van der Waals surface area contributed by atoms with E-state index < -0.39 is 0 Å². The molecule has 0 amide bonds. The van der Waals surface area contributed by atoms with Crippen LogP contribution in [0.25, 0.3) is 0 Å². The third-order valence-electron chi connectivity index (χ3n) is 1.94. The maximum absolute atomic E-state index is 5.59. The minimum absolute atomic E-state index is 0.757. The van der Waals surface area contributed by atoms with Gasteiger partial charge in [-0.15, -0.1) is 0 Å². The number of rotatable bonds is 0. The molecule has 2 rings (SSSR count). The number of nitrogen functional groups attached to an aromatic ring is 1. The lowest BCUT2D eigenvalue weighted by molar-refractivity contribution is 0.631. The molecule has 3 heteroatoms. The molecule has 1 aromatic heterocycles. The van der Waals surface area contributed by atoms with Crippen molar-refractivity contribution in [1.29, 1.82) is 0 Å². The van der Waals surface area contributed by atoms with Crippen molar-refractivity contribution in [2.24, 2.45) is 0 Å². The molecule has 1 aliphatic heterocycles. The summed E-state index contributed by atoms with van der Waals surface area (Å²) < 4.78 is 0. The van der Waals surface area contributed by atoms with Crippen LogP contribution in [0.5, 0.6) is 0 Å².